The number of hydrogen-bond acceptors (Lipinski definition) is 5. The third kappa shape index (κ3) is 5.21. The molecule has 0 aliphatic carbocycles. The van der Waals surface area contributed by atoms with Gasteiger partial charge in [0.25, 0.3) is 0 Å². The van der Waals surface area contributed by atoms with Crippen LogP contribution in [-0.2, 0) is 0 Å². The summed E-state index contributed by atoms with van der Waals surface area (Å²) in [6.45, 7) is 7.07. The van der Waals surface area contributed by atoms with Crippen molar-refractivity contribution in [2.24, 2.45) is 4.99 Å². The topological polar surface area (TPSA) is 50.6 Å². The van der Waals surface area contributed by atoms with Crippen molar-refractivity contribution in [2.75, 3.05) is 19.3 Å². The van der Waals surface area contributed by atoms with Gasteiger partial charge in [-0.1, -0.05) is 18.7 Å². The summed E-state index contributed by atoms with van der Waals surface area (Å²) in [5.74, 6) is 2.16. The lowest BCUT2D eigenvalue weighted by molar-refractivity contribution is 0.452. The highest BCUT2D eigenvalue weighted by atomic mass is 79.9. The smallest absolute Gasteiger partial charge is 0.223 e. The van der Waals surface area contributed by atoms with Crippen LogP contribution in [0.25, 0.3) is 0 Å². The number of halogens is 1. The predicted octanol–water partition coefficient (Wildman–Crippen LogP) is 5.06. The molecule has 2 rings (SSSR count). The number of hydrogen-bond donors (Lipinski definition) is 0. The summed E-state index contributed by atoms with van der Waals surface area (Å²) in [6, 6.07) is 5.66. The highest BCUT2D eigenvalue weighted by Gasteiger charge is 2.09. The van der Waals surface area contributed by atoms with Crippen molar-refractivity contribution in [3.63, 3.8) is 0 Å². The van der Waals surface area contributed by atoms with E-state index in [4.69, 9.17) is 4.74 Å². The van der Waals surface area contributed by atoms with Crippen molar-refractivity contribution in [1.29, 1.82) is 0 Å². The molecule has 0 amide bonds. The molecule has 128 valence electrons. The average molecular weight is 409 g/mol. The molecule has 2 aromatic rings. The molecule has 24 heavy (non-hydrogen) atoms. The quantitative estimate of drug-likeness (QED) is 0.277. The maximum absolute atomic E-state index is 5.91. The van der Waals surface area contributed by atoms with Crippen LogP contribution in [0.1, 0.15) is 19.4 Å². The molecular weight excluding hydrogens is 388 g/mol. The molecule has 0 spiro atoms. The first kappa shape index (κ1) is 18.7. The zero-order chi connectivity index (χ0) is 17.5. The minimum Gasteiger partial charge on any atom is -0.438 e. The Kier molecular flexibility index (Phi) is 7.05. The van der Waals surface area contributed by atoms with Gasteiger partial charge in [-0.3, -0.25) is 0 Å². The van der Waals surface area contributed by atoms with Gasteiger partial charge in [0.2, 0.25) is 5.88 Å². The van der Waals surface area contributed by atoms with E-state index in [0.29, 0.717) is 16.8 Å². The molecule has 0 saturated heterocycles. The van der Waals surface area contributed by atoms with E-state index < -0.39 is 0 Å². The van der Waals surface area contributed by atoms with Crippen molar-refractivity contribution in [1.82, 2.24) is 14.9 Å². The molecule has 0 N–H and O–H groups in total. The summed E-state index contributed by atoms with van der Waals surface area (Å²) in [7, 11) is 1.99. The van der Waals surface area contributed by atoms with Crippen LogP contribution in [-0.4, -0.2) is 40.6 Å². The van der Waals surface area contributed by atoms with Gasteiger partial charge in [0.05, 0.1) is 16.5 Å². The second-order valence-corrected chi connectivity index (χ2v) is 7.18. The van der Waals surface area contributed by atoms with Crippen molar-refractivity contribution in [3.05, 3.63) is 34.4 Å². The second-order valence-electron chi connectivity index (χ2n) is 5.10. The van der Waals surface area contributed by atoms with Crippen LogP contribution in [0.2, 0.25) is 0 Å². The zero-order valence-electron chi connectivity index (χ0n) is 14.3. The number of thioether (sulfide) groups is 1. The normalized spacial score (nSPS) is 11.0. The van der Waals surface area contributed by atoms with Crippen molar-refractivity contribution >= 4 is 39.7 Å². The number of aromatic nitrogens is 2. The van der Waals surface area contributed by atoms with Crippen molar-refractivity contribution < 1.29 is 4.74 Å². The summed E-state index contributed by atoms with van der Waals surface area (Å²) < 4.78 is 6.74. The fourth-order valence-electron chi connectivity index (χ4n) is 1.80. The Hall–Kier alpha value is -1.60. The summed E-state index contributed by atoms with van der Waals surface area (Å²) in [6.07, 6.45) is 3.54. The van der Waals surface area contributed by atoms with E-state index in [9.17, 15) is 0 Å². The first-order chi connectivity index (χ1) is 11.5. The molecule has 5 nitrogen and oxygen atoms in total. The number of aliphatic imine (C=N–C) groups is 1. The lowest BCUT2D eigenvalue weighted by Gasteiger charge is -2.12. The van der Waals surface area contributed by atoms with Crippen LogP contribution >= 0.6 is 27.7 Å². The molecule has 0 unspecified atom stereocenters. The van der Waals surface area contributed by atoms with Gasteiger partial charge in [0.15, 0.2) is 5.16 Å². The molecule has 1 aromatic heterocycles. The predicted molar refractivity (Wildman–Crippen MR) is 104 cm³/mol. The Balaban J connectivity index is 2.21. The molecule has 0 bridgehead atoms. The molecule has 0 aliphatic rings. The summed E-state index contributed by atoms with van der Waals surface area (Å²) in [5, 5.41) is 0.715. The zero-order valence-corrected chi connectivity index (χ0v) is 16.7. The molecule has 1 heterocycles. The third-order valence-corrected chi connectivity index (χ3v) is 4.60. The largest absolute Gasteiger partial charge is 0.438 e. The highest BCUT2D eigenvalue weighted by molar-refractivity contribution is 9.10. The standard InChI is InChI=1S/C17H21BrN4OS/c1-5-22(4)11-20-14-10-13(18)15(9-12(14)3)23-16-7-8-19-17(21-16)24-6-2/h7-11H,5-6H2,1-4H3/b20-11+. The Morgan fingerprint density at radius 1 is 1.38 bits per heavy atom. The van der Waals surface area contributed by atoms with Crippen LogP contribution in [0.5, 0.6) is 11.6 Å². The van der Waals surface area contributed by atoms with Crippen LogP contribution in [0.4, 0.5) is 5.69 Å². The minimum absolute atomic E-state index is 0.531. The number of aryl methyl sites for hydroxylation is 1. The molecule has 1 aromatic carbocycles. The van der Waals surface area contributed by atoms with E-state index in [1.165, 1.54) is 0 Å². The minimum atomic E-state index is 0.531. The maximum atomic E-state index is 5.91. The molecule has 0 aliphatic heterocycles. The van der Waals surface area contributed by atoms with Gasteiger partial charge >= 0.3 is 0 Å². The molecule has 0 radical (unpaired) electrons. The molecular formula is C17H21BrN4OS. The first-order valence-electron chi connectivity index (χ1n) is 7.71. The molecule has 0 saturated carbocycles. The van der Waals surface area contributed by atoms with Gasteiger partial charge in [-0.2, -0.15) is 4.98 Å². The monoisotopic (exact) mass is 408 g/mol. The lowest BCUT2D eigenvalue weighted by atomic mass is 10.2. The summed E-state index contributed by atoms with van der Waals surface area (Å²) >= 11 is 5.13. The van der Waals surface area contributed by atoms with Gasteiger partial charge in [-0.15, -0.1) is 0 Å². The lowest BCUT2D eigenvalue weighted by Crippen LogP contribution is -2.14. The first-order valence-corrected chi connectivity index (χ1v) is 9.49. The number of rotatable bonds is 7. The Labute approximate surface area is 155 Å². The van der Waals surface area contributed by atoms with E-state index in [0.717, 1.165) is 28.0 Å². The van der Waals surface area contributed by atoms with E-state index >= 15 is 0 Å². The van der Waals surface area contributed by atoms with E-state index in [1.54, 1.807) is 24.0 Å². The maximum Gasteiger partial charge on any atom is 0.223 e. The van der Waals surface area contributed by atoms with Crippen molar-refractivity contribution in [3.8, 4) is 11.6 Å². The summed E-state index contributed by atoms with van der Waals surface area (Å²) in [4.78, 5) is 15.1. The second kappa shape index (κ2) is 9.03. The Morgan fingerprint density at radius 3 is 2.88 bits per heavy atom. The van der Waals surface area contributed by atoms with Gasteiger partial charge in [-0.25, -0.2) is 9.98 Å². The fourth-order valence-corrected chi connectivity index (χ4v) is 2.76. The van der Waals surface area contributed by atoms with Gasteiger partial charge < -0.3 is 9.64 Å². The van der Waals surface area contributed by atoms with Crippen LogP contribution in [0, 0.1) is 6.92 Å². The Morgan fingerprint density at radius 2 is 2.17 bits per heavy atom. The van der Waals surface area contributed by atoms with Crippen LogP contribution in [0.15, 0.2) is 39.0 Å². The average Bonchev–Trinajstić information content (AvgIpc) is 2.57. The number of benzene rings is 1. The molecule has 0 fully saturated rings. The number of nitrogens with zero attached hydrogens (tertiary/aromatic N) is 4. The van der Waals surface area contributed by atoms with Gasteiger partial charge in [0.1, 0.15) is 5.75 Å². The Bertz CT molecular complexity index is 724. The van der Waals surface area contributed by atoms with Gasteiger partial charge in [-0.05, 0) is 53.2 Å². The van der Waals surface area contributed by atoms with E-state index in [2.05, 4.69) is 44.7 Å². The number of ether oxygens (including phenoxy) is 1. The molecule has 7 heteroatoms. The van der Waals surface area contributed by atoms with Crippen LogP contribution in [0.3, 0.4) is 0 Å². The van der Waals surface area contributed by atoms with E-state index in [-0.39, 0.29) is 0 Å². The third-order valence-electron chi connectivity index (χ3n) is 3.24. The summed E-state index contributed by atoms with van der Waals surface area (Å²) in [5.41, 5.74) is 1.94. The SMILES string of the molecule is CCSc1nccc(Oc2cc(C)c(/N=C/N(C)CC)cc2Br)n1. The fraction of sp³-hybridized carbons (Fsp3) is 0.353. The molecule has 0 atom stereocenters. The highest BCUT2D eigenvalue weighted by Crippen LogP contribution is 2.35. The van der Waals surface area contributed by atoms with E-state index in [1.807, 2.05) is 37.3 Å². The van der Waals surface area contributed by atoms with Gasteiger partial charge in [0, 0.05) is 25.9 Å². The van der Waals surface area contributed by atoms with Crippen molar-refractivity contribution in [2.45, 2.75) is 25.9 Å². The van der Waals surface area contributed by atoms with Crippen LogP contribution < -0.4 is 4.74 Å².